The van der Waals surface area contributed by atoms with Gasteiger partial charge in [-0.25, -0.2) is 9.97 Å². The third-order valence-corrected chi connectivity index (χ3v) is 7.85. The number of benzene rings is 1. The molecule has 0 spiro atoms. The van der Waals surface area contributed by atoms with Crippen LogP contribution in [0.2, 0.25) is 0 Å². The molecule has 184 valence electrons. The topological polar surface area (TPSA) is 49.6 Å². The van der Waals surface area contributed by atoms with E-state index in [4.69, 9.17) is 0 Å². The first kappa shape index (κ1) is 26.4. The molecule has 0 N–H and O–H groups in total. The average Bonchev–Trinajstić information content (AvgIpc) is 2.89. The van der Waals surface area contributed by atoms with Crippen LogP contribution in [0.25, 0.3) is 11.4 Å². The number of unbranched alkanes of at least 4 members (excludes halogenated alkanes) is 8. The fourth-order valence-corrected chi connectivity index (χ4v) is 5.46. The van der Waals surface area contributed by atoms with Gasteiger partial charge < -0.3 is 0 Å². The first-order valence-electron chi connectivity index (χ1n) is 14.0. The van der Waals surface area contributed by atoms with E-state index >= 15 is 0 Å². The van der Waals surface area contributed by atoms with Crippen LogP contribution in [0.15, 0.2) is 36.7 Å². The lowest BCUT2D eigenvalue weighted by Gasteiger charge is -2.35. The Bertz CT molecular complexity index is 855. The molecular formula is C31H45N3. The zero-order valence-electron chi connectivity index (χ0n) is 21.7. The molecule has 3 nitrogen and oxygen atoms in total. The summed E-state index contributed by atoms with van der Waals surface area (Å²) in [5.41, 5.74) is 3.66. The Balaban J connectivity index is 1.47. The van der Waals surface area contributed by atoms with Crippen molar-refractivity contribution >= 4 is 0 Å². The van der Waals surface area contributed by atoms with Gasteiger partial charge in [-0.1, -0.05) is 95.9 Å². The van der Waals surface area contributed by atoms with Crippen molar-refractivity contribution in [1.82, 2.24) is 9.97 Å². The van der Waals surface area contributed by atoms with Crippen molar-refractivity contribution in [3.8, 4) is 17.5 Å². The van der Waals surface area contributed by atoms with Gasteiger partial charge in [0.05, 0.1) is 11.5 Å². The molecule has 1 aliphatic rings. The van der Waals surface area contributed by atoms with Gasteiger partial charge >= 0.3 is 0 Å². The van der Waals surface area contributed by atoms with Crippen LogP contribution in [-0.4, -0.2) is 9.97 Å². The Morgan fingerprint density at radius 1 is 0.824 bits per heavy atom. The van der Waals surface area contributed by atoms with Crippen LogP contribution in [0, 0.1) is 16.7 Å². The van der Waals surface area contributed by atoms with Crippen LogP contribution in [-0.2, 0) is 6.42 Å². The predicted octanol–water partition coefficient (Wildman–Crippen LogP) is 9.18. The van der Waals surface area contributed by atoms with Crippen LogP contribution in [0.4, 0.5) is 0 Å². The lowest BCUT2D eigenvalue weighted by molar-refractivity contribution is 0.223. The van der Waals surface area contributed by atoms with Gasteiger partial charge in [0, 0.05) is 18.0 Å². The average molecular weight is 460 g/mol. The minimum absolute atomic E-state index is 0.0741. The third kappa shape index (κ3) is 7.93. The van der Waals surface area contributed by atoms with Gasteiger partial charge in [0.25, 0.3) is 0 Å². The summed E-state index contributed by atoms with van der Waals surface area (Å²) in [4.78, 5) is 9.29. The highest BCUT2D eigenvalue weighted by Gasteiger charge is 2.35. The van der Waals surface area contributed by atoms with Crippen molar-refractivity contribution in [1.29, 1.82) is 5.26 Å². The van der Waals surface area contributed by atoms with Crippen LogP contribution >= 0.6 is 0 Å². The van der Waals surface area contributed by atoms with Gasteiger partial charge in [-0.15, -0.1) is 0 Å². The molecule has 0 saturated heterocycles. The van der Waals surface area contributed by atoms with Crippen LogP contribution < -0.4 is 0 Å². The monoisotopic (exact) mass is 459 g/mol. The molecule has 0 bridgehead atoms. The largest absolute Gasteiger partial charge is 0.236 e. The first-order valence-corrected chi connectivity index (χ1v) is 14.0. The SMILES string of the molecule is CCCCCCCCc1cnc(-c2ccc([C@H]3CC[C@@](C#N)(CCCCCC)CC3)cc2)nc1. The molecule has 34 heavy (non-hydrogen) atoms. The number of nitriles is 1. The molecule has 1 heterocycles. The zero-order chi connectivity index (χ0) is 24.1. The number of hydrogen-bond donors (Lipinski definition) is 0. The Morgan fingerprint density at radius 2 is 1.41 bits per heavy atom. The van der Waals surface area contributed by atoms with E-state index < -0.39 is 0 Å². The Morgan fingerprint density at radius 3 is 2.03 bits per heavy atom. The van der Waals surface area contributed by atoms with Gasteiger partial charge in [-0.05, 0) is 62.0 Å². The third-order valence-electron chi connectivity index (χ3n) is 7.85. The molecule has 1 aromatic carbocycles. The van der Waals surface area contributed by atoms with Crippen molar-refractivity contribution in [2.45, 2.75) is 122 Å². The number of hydrogen-bond acceptors (Lipinski definition) is 3. The Labute approximate surface area is 208 Å². The molecule has 3 heteroatoms. The molecule has 0 atom stereocenters. The highest BCUT2D eigenvalue weighted by Crippen LogP contribution is 2.45. The van der Waals surface area contributed by atoms with E-state index in [0.717, 1.165) is 49.9 Å². The summed E-state index contributed by atoms with van der Waals surface area (Å²) >= 11 is 0. The molecule has 1 fully saturated rings. The second-order valence-electron chi connectivity index (χ2n) is 10.5. The first-order chi connectivity index (χ1) is 16.7. The zero-order valence-corrected chi connectivity index (χ0v) is 21.7. The molecule has 0 radical (unpaired) electrons. The number of aryl methyl sites for hydroxylation is 1. The fourth-order valence-electron chi connectivity index (χ4n) is 5.46. The van der Waals surface area contributed by atoms with Gasteiger partial charge in [0.15, 0.2) is 5.82 Å². The molecule has 1 aromatic heterocycles. The summed E-state index contributed by atoms with van der Waals surface area (Å²) in [7, 11) is 0. The summed E-state index contributed by atoms with van der Waals surface area (Å²) < 4.78 is 0. The van der Waals surface area contributed by atoms with Gasteiger partial charge in [-0.2, -0.15) is 5.26 Å². The van der Waals surface area contributed by atoms with E-state index in [0.29, 0.717) is 5.92 Å². The molecule has 1 saturated carbocycles. The highest BCUT2D eigenvalue weighted by atomic mass is 14.9. The van der Waals surface area contributed by atoms with Crippen molar-refractivity contribution in [2.24, 2.45) is 5.41 Å². The highest BCUT2D eigenvalue weighted by molar-refractivity contribution is 5.55. The maximum atomic E-state index is 9.86. The number of nitrogens with zero attached hydrogens (tertiary/aromatic N) is 3. The Hall–Kier alpha value is -2.21. The van der Waals surface area contributed by atoms with E-state index in [1.165, 1.54) is 75.3 Å². The molecule has 1 aliphatic carbocycles. The van der Waals surface area contributed by atoms with Gasteiger partial charge in [-0.3, -0.25) is 0 Å². The maximum absolute atomic E-state index is 9.86. The summed E-state index contributed by atoms with van der Waals surface area (Å²) in [6.07, 6.45) is 23.5. The molecular weight excluding hydrogens is 414 g/mol. The van der Waals surface area contributed by atoms with Gasteiger partial charge in [0.1, 0.15) is 0 Å². The van der Waals surface area contributed by atoms with Crippen LogP contribution in [0.1, 0.15) is 127 Å². The second kappa shape index (κ2) is 14.2. The van der Waals surface area contributed by atoms with Gasteiger partial charge in [0.2, 0.25) is 0 Å². The molecule has 0 amide bonds. The smallest absolute Gasteiger partial charge is 0.159 e. The number of rotatable bonds is 14. The molecule has 2 aromatic rings. The molecule has 0 aliphatic heterocycles. The van der Waals surface area contributed by atoms with Crippen molar-refractivity contribution in [3.05, 3.63) is 47.8 Å². The normalized spacial score (nSPS) is 20.2. The van der Waals surface area contributed by atoms with Crippen molar-refractivity contribution in [3.63, 3.8) is 0 Å². The lowest BCUT2D eigenvalue weighted by atomic mass is 9.67. The molecule has 3 rings (SSSR count). The van der Waals surface area contributed by atoms with E-state index in [-0.39, 0.29) is 5.41 Å². The second-order valence-corrected chi connectivity index (χ2v) is 10.5. The van der Waals surface area contributed by atoms with Crippen LogP contribution in [0.5, 0.6) is 0 Å². The maximum Gasteiger partial charge on any atom is 0.159 e. The quantitative estimate of drug-likeness (QED) is 0.264. The predicted molar refractivity (Wildman–Crippen MR) is 143 cm³/mol. The lowest BCUT2D eigenvalue weighted by Crippen LogP contribution is -2.25. The standard InChI is InChI=1S/C31H45N3/c1-3-5-7-9-10-11-13-26-23-33-30(34-24-26)29-16-14-27(15-17-29)28-18-21-31(25-32,22-19-28)20-12-8-6-4-2/h14-17,23-24,28H,3-13,18-22H2,1-2H3/t28-,31-. The minimum atomic E-state index is -0.0741. The summed E-state index contributed by atoms with van der Waals surface area (Å²) in [6, 6.07) is 11.6. The van der Waals surface area contributed by atoms with E-state index in [9.17, 15) is 5.26 Å². The summed E-state index contributed by atoms with van der Waals surface area (Å²) in [5.74, 6) is 1.39. The Kier molecular flexibility index (Phi) is 11.1. The minimum Gasteiger partial charge on any atom is -0.236 e. The van der Waals surface area contributed by atoms with E-state index in [2.05, 4.69) is 54.2 Å². The van der Waals surface area contributed by atoms with Crippen LogP contribution in [0.3, 0.4) is 0 Å². The van der Waals surface area contributed by atoms with E-state index in [1.54, 1.807) is 0 Å². The summed E-state index contributed by atoms with van der Waals surface area (Å²) in [5, 5.41) is 9.86. The van der Waals surface area contributed by atoms with Crippen molar-refractivity contribution < 1.29 is 0 Å². The van der Waals surface area contributed by atoms with Crippen molar-refractivity contribution in [2.75, 3.05) is 0 Å². The van der Waals surface area contributed by atoms with E-state index in [1.807, 2.05) is 12.4 Å². The fraction of sp³-hybridized carbons (Fsp3) is 0.645. The summed E-state index contributed by atoms with van der Waals surface area (Å²) in [6.45, 7) is 4.51. The number of aromatic nitrogens is 2. The molecule has 0 unspecified atom stereocenters.